The van der Waals surface area contributed by atoms with Gasteiger partial charge in [-0.1, -0.05) is 13.8 Å². The van der Waals surface area contributed by atoms with Crippen LogP contribution in [0, 0.1) is 5.41 Å². The second-order valence-electron chi connectivity index (χ2n) is 5.60. The number of ketones is 1. The van der Waals surface area contributed by atoms with Crippen LogP contribution < -0.4 is 0 Å². The van der Waals surface area contributed by atoms with Gasteiger partial charge in [-0.25, -0.2) is 0 Å². The SMILES string of the molecule is CC1=CC(=O)C[C@@]1(O)C(C)(C)CC[C@@H](C)O. The van der Waals surface area contributed by atoms with E-state index in [4.69, 9.17) is 0 Å². The lowest BCUT2D eigenvalue weighted by Gasteiger charge is -2.41. The zero-order chi connectivity index (χ0) is 12.6. The van der Waals surface area contributed by atoms with Crippen LogP contribution in [0.3, 0.4) is 0 Å². The lowest BCUT2D eigenvalue weighted by atomic mass is 9.68. The molecule has 0 spiro atoms. The largest absolute Gasteiger partial charge is 0.393 e. The Hall–Kier alpha value is -0.670. The second kappa shape index (κ2) is 4.30. The molecule has 0 heterocycles. The fourth-order valence-electron chi connectivity index (χ4n) is 2.35. The van der Waals surface area contributed by atoms with Crippen LogP contribution in [0.15, 0.2) is 11.6 Å². The van der Waals surface area contributed by atoms with Crippen molar-refractivity contribution in [2.24, 2.45) is 5.41 Å². The highest BCUT2D eigenvalue weighted by Crippen LogP contribution is 2.45. The molecule has 0 aliphatic heterocycles. The minimum atomic E-state index is -1.04. The van der Waals surface area contributed by atoms with Gasteiger partial charge in [0, 0.05) is 6.42 Å². The summed E-state index contributed by atoms with van der Waals surface area (Å²) in [7, 11) is 0. The fourth-order valence-corrected chi connectivity index (χ4v) is 2.35. The molecule has 0 radical (unpaired) electrons. The summed E-state index contributed by atoms with van der Waals surface area (Å²) in [4.78, 5) is 11.4. The van der Waals surface area contributed by atoms with Gasteiger partial charge in [-0.3, -0.25) is 4.79 Å². The summed E-state index contributed by atoms with van der Waals surface area (Å²) in [5.74, 6) is -0.00915. The third-order valence-corrected chi connectivity index (χ3v) is 3.77. The first-order valence-corrected chi connectivity index (χ1v) is 5.81. The van der Waals surface area contributed by atoms with Gasteiger partial charge in [-0.15, -0.1) is 0 Å². The normalized spacial score (nSPS) is 28.1. The van der Waals surface area contributed by atoms with Gasteiger partial charge in [0.2, 0.25) is 0 Å². The molecule has 1 rings (SSSR count). The Labute approximate surface area is 97.2 Å². The molecule has 0 bridgehead atoms. The molecule has 1 aliphatic rings. The zero-order valence-corrected chi connectivity index (χ0v) is 10.6. The first-order valence-electron chi connectivity index (χ1n) is 5.81. The van der Waals surface area contributed by atoms with Gasteiger partial charge in [0.05, 0.1) is 11.7 Å². The minimum Gasteiger partial charge on any atom is -0.393 e. The van der Waals surface area contributed by atoms with Gasteiger partial charge >= 0.3 is 0 Å². The minimum absolute atomic E-state index is 0.00915. The Morgan fingerprint density at radius 1 is 1.56 bits per heavy atom. The van der Waals surface area contributed by atoms with Crippen LogP contribution in [-0.2, 0) is 4.79 Å². The molecular weight excluding hydrogens is 204 g/mol. The van der Waals surface area contributed by atoms with E-state index in [1.54, 1.807) is 13.8 Å². The van der Waals surface area contributed by atoms with Crippen molar-refractivity contribution in [2.75, 3.05) is 0 Å². The van der Waals surface area contributed by atoms with E-state index in [-0.39, 0.29) is 18.3 Å². The number of aliphatic hydroxyl groups is 2. The molecule has 16 heavy (non-hydrogen) atoms. The predicted molar refractivity (Wildman–Crippen MR) is 63.0 cm³/mol. The highest BCUT2D eigenvalue weighted by molar-refractivity contribution is 5.95. The summed E-state index contributed by atoms with van der Waals surface area (Å²) in [6.07, 6.45) is 2.66. The number of allylic oxidation sites excluding steroid dienone is 1. The average Bonchev–Trinajstić information content (AvgIpc) is 2.39. The third kappa shape index (κ3) is 2.36. The van der Waals surface area contributed by atoms with Crippen LogP contribution in [0.5, 0.6) is 0 Å². The first-order chi connectivity index (χ1) is 7.19. The quantitative estimate of drug-likeness (QED) is 0.768. The number of rotatable bonds is 4. The van der Waals surface area contributed by atoms with E-state index >= 15 is 0 Å². The van der Waals surface area contributed by atoms with Gasteiger partial charge in [0.1, 0.15) is 0 Å². The van der Waals surface area contributed by atoms with Crippen LogP contribution in [0.2, 0.25) is 0 Å². The molecule has 92 valence electrons. The van der Waals surface area contributed by atoms with Crippen molar-refractivity contribution in [3.05, 3.63) is 11.6 Å². The number of hydrogen-bond donors (Lipinski definition) is 2. The number of hydrogen-bond acceptors (Lipinski definition) is 3. The molecule has 0 amide bonds. The molecule has 0 unspecified atom stereocenters. The van der Waals surface area contributed by atoms with E-state index in [2.05, 4.69) is 0 Å². The first kappa shape index (κ1) is 13.4. The van der Waals surface area contributed by atoms with Crippen LogP contribution in [-0.4, -0.2) is 27.7 Å². The van der Waals surface area contributed by atoms with Gasteiger partial charge < -0.3 is 10.2 Å². The van der Waals surface area contributed by atoms with Gasteiger partial charge in [-0.05, 0) is 43.8 Å². The van der Waals surface area contributed by atoms with E-state index in [9.17, 15) is 15.0 Å². The predicted octanol–water partition coefficient (Wildman–Crippen LogP) is 1.82. The Balaban J connectivity index is 2.82. The van der Waals surface area contributed by atoms with E-state index < -0.39 is 11.0 Å². The molecule has 0 aromatic heterocycles. The van der Waals surface area contributed by atoms with Crippen LogP contribution >= 0.6 is 0 Å². The molecule has 2 atom stereocenters. The maximum absolute atomic E-state index is 11.4. The Morgan fingerprint density at radius 3 is 2.50 bits per heavy atom. The molecule has 2 N–H and O–H groups in total. The Kier molecular flexibility index (Phi) is 3.60. The maximum Gasteiger partial charge on any atom is 0.158 e. The summed E-state index contributed by atoms with van der Waals surface area (Å²) in [6, 6.07) is 0. The van der Waals surface area contributed by atoms with Crippen LogP contribution in [0.25, 0.3) is 0 Å². The van der Waals surface area contributed by atoms with Crippen LogP contribution in [0.1, 0.15) is 47.0 Å². The van der Waals surface area contributed by atoms with E-state index in [0.717, 1.165) is 5.57 Å². The lowest BCUT2D eigenvalue weighted by molar-refractivity contribution is -0.120. The molecule has 3 nitrogen and oxygen atoms in total. The lowest BCUT2D eigenvalue weighted by Crippen LogP contribution is -2.44. The van der Waals surface area contributed by atoms with Crippen molar-refractivity contribution in [2.45, 2.75) is 58.7 Å². The van der Waals surface area contributed by atoms with Gasteiger partial charge in [0.15, 0.2) is 5.78 Å². The molecular formula is C13H22O3. The molecule has 0 aromatic rings. The Bertz CT molecular complexity index is 315. The molecule has 0 aromatic carbocycles. The highest BCUT2D eigenvalue weighted by atomic mass is 16.3. The summed E-state index contributed by atoms with van der Waals surface area (Å²) in [5, 5.41) is 19.9. The maximum atomic E-state index is 11.4. The highest BCUT2D eigenvalue weighted by Gasteiger charge is 2.48. The van der Waals surface area contributed by atoms with E-state index in [0.29, 0.717) is 12.8 Å². The standard InChI is InChI=1S/C13H22O3/c1-9-7-11(15)8-13(9,16)12(3,4)6-5-10(2)14/h7,10,14,16H,5-6,8H2,1-4H3/t10-,13+/m1/s1. The van der Waals surface area contributed by atoms with Crippen molar-refractivity contribution < 1.29 is 15.0 Å². The van der Waals surface area contributed by atoms with Crippen LogP contribution in [0.4, 0.5) is 0 Å². The van der Waals surface area contributed by atoms with Crippen molar-refractivity contribution in [1.82, 2.24) is 0 Å². The number of carbonyl (C=O) groups excluding carboxylic acids is 1. The fraction of sp³-hybridized carbons (Fsp3) is 0.769. The molecule has 3 heteroatoms. The monoisotopic (exact) mass is 226 g/mol. The average molecular weight is 226 g/mol. The van der Waals surface area contributed by atoms with Crippen molar-refractivity contribution >= 4 is 5.78 Å². The zero-order valence-electron chi connectivity index (χ0n) is 10.6. The van der Waals surface area contributed by atoms with Gasteiger partial charge in [0.25, 0.3) is 0 Å². The topological polar surface area (TPSA) is 57.5 Å². The van der Waals surface area contributed by atoms with Crippen molar-refractivity contribution in [3.8, 4) is 0 Å². The van der Waals surface area contributed by atoms with Crippen molar-refractivity contribution in [3.63, 3.8) is 0 Å². The van der Waals surface area contributed by atoms with E-state index in [1.807, 2.05) is 13.8 Å². The van der Waals surface area contributed by atoms with E-state index in [1.165, 1.54) is 6.08 Å². The number of aliphatic hydroxyl groups excluding tert-OH is 1. The molecule has 0 saturated carbocycles. The van der Waals surface area contributed by atoms with Gasteiger partial charge in [-0.2, -0.15) is 0 Å². The molecule has 1 aliphatic carbocycles. The molecule has 0 fully saturated rings. The Morgan fingerprint density at radius 2 is 2.12 bits per heavy atom. The molecule has 0 saturated heterocycles. The van der Waals surface area contributed by atoms with Crippen molar-refractivity contribution in [1.29, 1.82) is 0 Å². The summed E-state index contributed by atoms with van der Waals surface area (Å²) < 4.78 is 0. The summed E-state index contributed by atoms with van der Waals surface area (Å²) in [6.45, 7) is 7.44. The number of carbonyl (C=O) groups is 1. The third-order valence-electron chi connectivity index (χ3n) is 3.77. The summed E-state index contributed by atoms with van der Waals surface area (Å²) >= 11 is 0. The second-order valence-corrected chi connectivity index (χ2v) is 5.60. The summed E-state index contributed by atoms with van der Waals surface area (Å²) in [5.41, 5.74) is -0.691. The smallest absolute Gasteiger partial charge is 0.158 e.